The Bertz CT molecular complexity index is 686. The number of hydrogen-bond donors (Lipinski definition) is 1. The molecule has 1 aliphatic carbocycles. The summed E-state index contributed by atoms with van der Waals surface area (Å²) in [6.07, 6.45) is 3.53. The Kier molecular flexibility index (Phi) is 4.18. The Hall–Kier alpha value is -1.69. The van der Waals surface area contributed by atoms with Gasteiger partial charge in [0.1, 0.15) is 0 Å². The van der Waals surface area contributed by atoms with Crippen molar-refractivity contribution in [2.45, 2.75) is 52.1 Å². The van der Waals surface area contributed by atoms with Gasteiger partial charge in [-0.15, -0.1) is 0 Å². The predicted octanol–water partition coefficient (Wildman–Crippen LogP) is 2.26. The molecule has 1 saturated heterocycles. The second-order valence-electron chi connectivity index (χ2n) is 8.22. The third-order valence-electron chi connectivity index (χ3n) is 5.75. The number of fused-ring (bicyclic) bond motifs is 2. The fourth-order valence-electron chi connectivity index (χ4n) is 4.00. The first-order valence-electron chi connectivity index (χ1n) is 9.47. The number of nitrogens with one attached hydrogen (secondary N) is 1. The maximum absolute atomic E-state index is 12.4. The molecule has 0 unspecified atom stereocenters. The van der Waals surface area contributed by atoms with Crippen molar-refractivity contribution in [3.05, 3.63) is 17.0 Å². The van der Waals surface area contributed by atoms with Crippen LogP contribution in [0.2, 0.25) is 0 Å². The van der Waals surface area contributed by atoms with E-state index in [0.29, 0.717) is 19.8 Å². The molecule has 3 aliphatic rings. The van der Waals surface area contributed by atoms with Gasteiger partial charge in [0.25, 0.3) is 0 Å². The maximum atomic E-state index is 12.4. The molecule has 1 aromatic rings. The lowest BCUT2D eigenvalue weighted by molar-refractivity contribution is -0.133. The van der Waals surface area contributed by atoms with E-state index in [0.717, 1.165) is 48.3 Å². The SMILES string of the molecule is Cc1nc(NCC2CC2)nc2c1COC[C@]21CCN(C(=O)C(C)C)C1. The Balaban J connectivity index is 1.62. The molecular formula is C19H28N4O2. The van der Waals surface area contributed by atoms with Crippen molar-refractivity contribution in [2.24, 2.45) is 11.8 Å². The molecule has 2 aliphatic heterocycles. The van der Waals surface area contributed by atoms with Crippen LogP contribution < -0.4 is 5.32 Å². The topological polar surface area (TPSA) is 67.4 Å². The van der Waals surface area contributed by atoms with Crippen molar-refractivity contribution in [3.8, 4) is 0 Å². The van der Waals surface area contributed by atoms with Gasteiger partial charge in [0, 0.05) is 36.8 Å². The summed E-state index contributed by atoms with van der Waals surface area (Å²) in [5.74, 6) is 1.77. The van der Waals surface area contributed by atoms with E-state index >= 15 is 0 Å². The lowest BCUT2D eigenvalue weighted by atomic mass is 9.80. The lowest BCUT2D eigenvalue weighted by Crippen LogP contribution is -2.42. The van der Waals surface area contributed by atoms with E-state index in [9.17, 15) is 4.79 Å². The van der Waals surface area contributed by atoms with Crippen LogP contribution in [-0.4, -0.2) is 47.0 Å². The number of carbonyl (C=O) groups is 1. The number of anilines is 1. The second kappa shape index (κ2) is 6.24. The molecule has 1 atom stereocenters. The number of carbonyl (C=O) groups excluding carboxylic acids is 1. The van der Waals surface area contributed by atoms with Crippen molar-refractivity contribution in [1.82, 2.24) is 14.9 Å². The molecular weight excluding hydrogens is 316 g/mol. The van der Waals surface area contributed by atoms with E-state index in [1.165, 1.54) is 12.8 Å². The first-order valence-corrected chi connectivity index (χ1v) is 9.47. The average molecular weight is 344 g/mol. The number of aryl methyl sites for hydroxylation is 1. The van der Waals surface area contributed by atoms with Gasteiger partial charge in [0.05, 0.1) is 24.3 Å². The minimum absolute atomic E-state index is 0.0297. The van der Waals surface area contributed by atoms with Crippen molar-refractivity contribution < 1.29 is 9.53 Å². The molecule has 1 amide bonds. The van der Waals surface area contributed by atoms with Crippen LogP contribution in [0.4, 0.5) is 5.95 Å². The molecule has 136 valence electrons. The highest BCUT2D eigenvalue weighted by Crippen LogP contribution is 2.40. The highest BCUT2D eigenvalue weighted by Gasteiger charge is 2.47. The molecule has 0 radical (unpaired) electrons. The average Bonchev–Trinajstić information content (AvgIpc) is 3.33. The van der Waals surface area contributed by atoms with Gasteiger partial charge in [-0.2, -0.15) is 0 Å². The molecule has 0 aromatic carbocycles. The van der Waals surface area contributed by atoms with Gasteiger partial charge in [-0.1, -0.05) is 13.8 Å². The summed E-state index contributed by atoms with van der Waals surface area (Å²) < 4.78 is 5.91. The molecule has 1 spiro atoms. The minimum Gasteiger partial charge on any atom is -0.376 e. The second-order valence-corrected chi connectivity index (χ2v) is 8.22. The van der Waals surface area contributed by atoms with Gasteiger partial charge in [-0.05, 0) is 32.1 Å². The number of aromatic nitrogens is 2. The highest BCUT2D eigenvalue weighted by molar-refractivity contribution is 5.78. The minimum atomic E-state index is -0.179. The van der Waals surface area contributed by atoms with E-state index in [2.05, 4.69) is 10.3 Å². The standard InChI is InChI=1S/C19H28N4O2/c1-12(2)17(24)23-7-6-19(10-23)11-25-9-15-13(3)21-18(22-16(15)19)20-8-14-4-5-14/h12,14H,4-11H2,1-3H3,(H,20,21,22)/t19-/m1/s1. The monoisotopic (exact) mass is 344 g/mol. The highest BCUT2D eigenvalue weighted by atomic mass is 16.5. The first kappa shape index (κ1) is 16.8. The largest absolute Gasteiger partial charge is 0.376 e. The van der Waals surface area contributed by atoms with E-state index in [4.69, 9.17) is 9.72 Å². The van der Waals surface area contributed by atoms with Crippen LogP contribution >= 0.6 is 0 Å². The maximum Gasteiger partial charge on any atom is 0.225 e. The normalized spacial score (nSPS) is 25.5. The van der Waals surface area contributed by atoms with Crippen LogP contribution in [0.15, 0.2) is 0 Å². The Morgan fingerprint density at radius 2 is 2.20 bits per heavy atom. The zero-order chi connectivity index (χ0) is 17.6. The van der Waals surface area contributed by atoms with Gasteiger partial charge < -0.3 is 15.0 Å². The van der Waals surface area contributed by atoms with Gasteiger partial charge in [0.2, 0.25) is 11.9 Å². The first-order chi connectivity index (χ1) is 12.0. The fourth-order valence-corrected chi connectivity index (χ4v) is 4.00. The molecule has 1 aromatic heterocycles. The molecule has 2 fully saturated rings. The predicted molar refractivity (Wildman–Crippen MR) is 95.4 cm³/mol. The van der Waals surface area contributed by atoms with Crippen LogP contribution in [0.3, 0.4) is 0 Å². The van der Waals surface area contributed by atoms with Crippen LogP contribution in [0.1, 0.15) is 50.1 Å². The van der Waals surface area contributed by atoms with Gasteiger partial charge >= 0.3 is 0 Å². The summed E-state index contributed by atoms with van der Waals surface area (Å²) in [6.45, 7) is 9.63. The lowest BCUT2D eigenvalue weighted by Gasteiger charge is -2.35. The van der Waals surface area contributed by atoms with Crippen LogP contribution in [0.25, 0.3) is 0 Å². The van der Waals surface area contributed by atoms with E-state index < -0.39 is 0 Å². The van der Waals surface area contributed by atoms with Gasteiger partial charge in [0.15, 0.2) is 0 Å². The number of amides is 1. The molecule has 25 heavy (non-hydrogen) atoms. The molecule has 6 heteroatoms. The molecule has 4 rings (SSSR count). The van der Waals surface area contributed by atoms with Crippen molar-refractivity contribution >= 4 is 11.9 Å². The number of likely N-dealkylation sites (tertiary alicyclic amines) is 1. The number of rotatable bonds is 4. The van der Waals surface area contributed by atoms with Crippen molar-refractivity contribution in [1.29, 1.82) is 0 Å². The van der Waals surface area contributed by atoms with Gasteiger partial charge in [-0.3, -0.25) is 4.79 Å². The summed E-state index contributed by atoms with van der Waals surface area (Å²) >= 11 is 0. The summed E-state index contributed by atoms with van der Waals surface area (Å²) in [6, 6.07) is 0. The van der Waals surface area contributed by atoms with Crippen molar-refractivity contribution in [3.63, 3.8) is 0 Å². The van der Waals surface area contributed by atoms with Crippen LogP contribution in [0, 0.1) is 18.8 Å². The summed E-state index contributed by atoms with van der Waals surface area (Å²) in [7, 11) is 0. The zero-order valence-electron chi connectivity index (χ0n) is 15.5. The third-order valence-corrected chi connectivity index (χ3v) is 5.75. The molecule has 6 nitrogen and oxygen atoms in total. The Morgan fingerprint density at radius 1 is 1.40 bits per heavy atom. The van der Waals surface area contributed by atoms with Crippen LogP contribution in [0.5, 0.6) is 0 Å². The van der Waals surface area contributed by atoms with Crippen LogP contribution in [-0.2, 0) is 21.6 Å². The number of nitrogens with zero attached hydrogens (tertiary/aromatic N) is 3. The summed E-state index contributed by atoms with van der Waals surface area (Å²) in [4.78, 5) is 24.0. The smallest absolute Gasteiger partial charge is 0.225 e. The third kappa shape index (κ3) is 3.12. The molecule has 3 heterocycles. The summed E-state index contributed by atoms with van der Waals surface area (Å²) in [5.41, 5.74) is 3.03. The summed E-state index contributed by atoms with van der Waals surface area (Å²) in [5, 5.41) is 3.41. The van der Waals surface area contributed by atoms with E-state index in [-0.39, 0.29) is 17.2 Å². The molecule has 1 N–H and O–H groups in total. The number of hydrogen-bond acceptors (Lipinski definition) is 5. The zero-order valence-corrected chi connectivity index (χ0v) is 15.5. The Morgan fingerprint density at radius 3 is 2.92 bits per heavy atom. The van der Waals surface area contributed by atoms with E-state index in [1.54, 1.807) is 0 Å². The van der Waals surface area contributed by atoms with E-state index in [1.807, 2.05) is 25.7 Å². The molecule has 1 saturated carbocycles. The molecule has 0 bridgehead atoms. The van der Waals surface area contributed by atoms with Crippen molar-refractivity contribution in [2.75, 3.05) is 31.6 Å². The fraction of sp³-hybridized carbons (Fsp3) is 0.737. The quantitative estimate of drug-likeness (QED) is 0.907. The van der Waals surface area contributed by atoms with Gasteiger partial charge in [-0.25, -0.2) is 9.97 Å². The number of ether oxygens (including phenoxy) is 1. The Labute approximate surface area is 149 Å².